The zero-order chi connectivity index (χ0) is 21.7. The molecule has 0 spiro atoms. The van der Waals surface area contributed by atoms with Gasteiger partial charge < -0.3 is 9.53 Å². The van der Waals surface area contributed by atoms with Crippen LogP contribution in [0, 0.1) is 0 Å². The van der Waals surface area contributed by atoms with Gasteiger partial charge in [0, 0.05) is 13.0 Å². The highest BCUT2D eigenvalue weighted by molar-refractivity contribution is 7.86. The lowest BCUT2D eigenvalue weighted by molar-refractivity contribution is -0.145. The molecule has 1 unspecified atom stereocenters. The van der Waals surface area contributed by atoms with Gasteiger partial charge in [-0.25, -0.2) is 4.79 Å². The molecule has 0 saturated heterocycles. The van der Waals surface area contributed by atoms with Crippen molar-refractivity contribution < 1.29 is 26.9 Å². The Morgan fingerprint density at radius 3 is 1.79 bits per heavy atom. The molecule has 6 nitrogen and oxygen atoms in total. The van der Waals surface area contributed by atoms with Gasteiger partial charge in [0.25, 0.3) is 18.4 Å². The standard InChI is InChI=1S/C21H28O6SSi/c1-21(2,3)29(17-11-7-5-8-12-17,18-13-9-6-10-14-18)26-16-15-19(20(22)23)27-28(4,24)25/h5-14,19H,15-16H2,1-4H3,(H,22,23). The maximum atomic E-state index is 11.4. The largest absolute Gasteiger partial charge is 0.479 e. The third-order valence-corrected chi connectivity index (χ3v) is 10.3. The molecular formula is C21H28O6SSi. The van der Waals surface area contributed by atoms with E-state index in [2.05, 4.69) is 20.8 Å². The molecule has 2 rings (SSSR count). The van der Waals surface area contributed by atoms with E-state index in [1.165, 1.54) is 0 Å². The summed E-state index contributed by atoms with van der Waals surface area (Å²) in [6.07, 6.45) is -0.720. The fourth-order valence-corrected chi connectivity index (χ4v) is 8.68. The van der Waals surface area contributed by atoms with Crippen molar-refractivity contribution in [2.75, 3.05) is 12.9 Å². The van der Waals surface area contributed by atoms with E-state index in [-0.39, 0.29) is 18.1 Å². The molecule has 0 aromatic heterocycles. The molecular weight excluding hydrogens is 408 g/mol. The lowest BCUT2D eigenvalue weighted by Crippen LogP contribution is -2.66. The molecule has 158 valence electrons. The van der Waals surface area contributed by atoms with Crippen molar-refractivity contribution in [3.63, 3.8) is 0 Å². The summed E-state index contributed by atoms with van der Waals surface area (Å²) in [5.41, 5.74) is 0. The van der Waals surface area contributed by atoms with Crippen molar-refractivity contribution in [2.24, 2.45) is 0 Å². The van der Waals surface area contributed by atoms with Crippen LogP contribution in [0.1, 0.15) is 27.2 Å². The minimum atomic E-state index is -3.89. The number of benzene rings is 2. The molecule has 2 aromatic rings. The first-order valence-corrected chi connectivity index (χ1v) is 13.1. The number of carboxylic acid groups (broad SMARTS) is 1. The smallest absolute Gasteiger partial charge is 0.334 e. The fraction of sp³-hybridized carbons (Fsp3) is 0.381. The van der Waals surface area contributed by atoms with Gasteiger partial charge in [-0.3, -0.25) is 4.18 Å². The van der Waals surface area contributed by atoms with Crippen LogP contribution in [-0.2, 0) is 23.5 Å². The molecule has 0 radical (unpaired) electrons. The number of rotatable bonds is 9. The Morgan fingerprint density at radius 1 is 1.00 bits per heavy atom. The van der Waals surface area contributed by atoms with Crippen LogP contribution in [-0.4, -0.2) is 46.8 Å². The average molecular weight is 437 g/mol. The van der Waals surface area contributed by atoms with E-state index in [1.54, 1.807) is 0 Å². The predicted octanol–water partition coefficient (Wildman–Crippen LogP) is 2.38. The van der Waals surface area contributed by atoms with Gasteiger partial charge in [-0.15, -0.1) is 0 Å². The molecule has 0 aliphatic heterocycles. The van der Waals surface area contributed by atoms with Crippen LogP contribution in [0.3, 0.4) is 0 Å². The molecule has 0 aliphatic rings. The van der Waals surface area contributed by atoms with Gasteiger partial charge in [0.2, 0.25) is 0 Å². The maximum Gasteiger partial charge on any atom is 0.334 e. The Hall–Kier alpha value is -2.00. The fourth-order valence-electron chi connectivity index (χ4n) is 3.50. The molecule has 29 heavy (non-hydrogen) atoms. The highest BCUT2D eigenvalue weighted by atomic mass is 32.2. The van der Waals surface area contributed by atoms with Crippen molar-refractivity contribution in [1.82, 2.24) is 0 Å². The molecule has 2 aromatic carbocycles. The van der Waals surface area contributed by atoms with E-state index < -0.39 is 30.5 Å². The van der Waals surface area contributed by atoms with Gasteiger partial charge in [0.05, 0.1) is 6.26 Å². The number of hydrogen-bond acceptors (Lipinski definition) is 5. The summed E-state index contributed by atoms with van der Waals surface area (Å²) in [6.45, 7) is 6.39. The molecule has 0 aliphatic carbocycles. The molecule has 8 heteroatoms. The monoisotopic (exact) mass is 436 g/mol. The summed E-state index contributed by atoms with van der Waals surface area (Å²) in [5, 5.41) is 11.2. The van der Waals surface area contributed by atoms with Crippen LogP contribution in [0.2, 0.25) is 5.04 Å². The normalized spacial score (nSPS) is 13.8. The van der Waals surface area contributed by atoms with E-state index in [9.17, 15) is 18.3 Å². The van der Waals surface area contributed by atoms with Crippen molar-refractivity contribution >= 4 is 34.8 Å². The first-order valence-electron chi connectivity index (χ1n) is 9.33. The lowest BCUT2D eigenvalue weighted by atomic mass is 10.2. The Morgan fingerprint density at radius 2 is 1.45 bits per heavy atom. The Labute approximate surface area is 173 Å². The van der Waals surface area contributed by atoms with Crippen LogP contribution in [0.15, 0.2) is 60.7 Å². The second-order valence-corrected chi connectivity index (χ2v) is 13.8. The van der Waals surface area contributed by atoms with Crippen molar-refractivity contribution in [1.29, 1.82) is 0 Å². The first-order chi connectivity index (χ1) is 13.5. The van der Waals surface area contributed by atoms with Gasteiger partial charge in [0.15, 0.2) is 6.10 Å². The average Bonchev–Trinajstić information content (AvgIpc) is 2.63. The summed E-state index contributed by atoms with van der Waals surface area (Å²) < 4.78 is 34.1. The van der Waals surface area contributed by atoms with Crippen LogP contribution in [0.5, 0.6) is 0 Å². The predicted molar refractivity (Wildman–Crippen MR) is 116 cm³/mol. The molecule has 0 bridgehead atoms. The minimum Gasteiger partial charge on any atom is -0.479 e. The molecule has 0 fully saturated rings. The van der Waals surface area contributed by atoms with Crippen LogP contribution in [0.25, 0.3) is 0 Å². The Kier molecular flexibility index (Phi) is 7.39. The maximum absolute atomic E-state index is 11.4. The third kappa shape index (κ3) is 5.76. The quantitative estimate of drug-likeness (QED) is 0.479. The summed E-state index contributed by atoms with van der Waals surface area (Å²) in [5.74, 6) is -1.33. The van der Waals surface area contributed by atoms with E-state index in [4.69, 9.17) is 8.61 Å². The summed E-state index contributed by atoms with van der Waals surface area (Å²) in [7, 11) is -6.70. The highest BCUT2D eigenvalue weighted by Crippen LogP contribution is 2.36. The third-order valence-electron chi connectivity index (χ3n) is 4.68. The number of carboxylic acids is 1. The van der Waals surface area contributed by atoms with Crippen LogP contribution in [0.4, 0.5) is 0 Å². The highest BCUT2D eigenvalue weighted by Gasteiger charge is 2.50. The minimum absolute atomic E-state index is 0.0553. The van der Waals surface area contributed by atoms with E-state index >= 15 is 0 Å². The number of aliphatic carboxylic acids is 1. The summed E-state index contributed by atoms with van der Waals surface area (Å²) >= 11 is 0. The van der Waals surface area contributed by atoms with Gasteiger partial charge in [0.1, 0.15) is 0 Å². The molecule has 0 heterocycles. The van der Waals surface area contributed by atoms with Gasteiger partial charge in [-0.2, -0.15) is 8.42 Å². The van der Waals surface area contributed by atoms with E-state index in [0.29, 0.717) is 0 Å². The molecule has 1 N–H and O–H groups in total. The number of carbonyl (C=O) groups is 1. The van der Waals surface area contributed by atoms with Gasteiger partial charge in [-0.1, -0.05) is 81.4 Å². The second kappa shape index (κ2) is 9.21. The Balaban J connectivity index is 2.42. The van der Waals surface area contributed by atoms with Crippen LogP contribution >= 0.6 is 0 Å². The zero-order valence-corrected chi connectivity index (χ0v) is 19.0. The van der Waals surface area contributed by atoms with Crippen molar-refractivity contribution in [3.05, 3.63) is 60.7 Å². The van der Waals surface area contributed by atoms with Crippen molar-refractivity contribution in [2.45, 2.75) is 38.3 Å². The second-order valence-electron chi connectivity index (χ2n) is 7.93. The van der Waals surface area contributed by atoms with Gasteiger partial charge >= 0.3 is 5.97 Å². The van der Waals surface area contributed by atoms with Crippen molar-refractivity contribution in [3.8, 4) is 0 Å². The molecule has 0 saturated carbocycles. The number of hydrogen-bond donors (Lipinski definition) is 1. The zero-order valence-electron chi connectivity index (χ0n) is 17.2. The summed E-state index contributed by atoms with van der Waals surface area (Å²) in [4.78, 5) is 11.4. The Bertz CT molecular complexity index is 868. The SMILES string of the molecule is CC(C)(C)[Si](OCCC(OS(C)(=O)=O)C(=O)O)(c1ccccc1)c1ccccc1. The van der Waals surface area contributed by atoms with Gasteiger partial charge in [-0.05, 0) is 15.4 Å². The topological polar surface area (TPSA) is 89.9 Å². The van der Waals surface area contributed by atoms with E-state index in [1.807, 2.05) is 60.7 Å². The van der Waals surface area contributed by atoms with Crippen LogP contribution < -0.4 is 10.4 Å². The molecule has 1 atom stereocenters. The van der Waals surface area contributed by atoms with E-state index in [0.717, 1.165) is 16.6 Å². The first kappa shape index (κ1) is 23.3. The molecule has 0 amide bonds. The lowest BCUT2D eigenvalue weighted by Gasteiger charge is -2.43. The summed E-state index contributed by atoms with van der Waals surface area (Å²) in [6, 6.07) is 19.9.